The van der Waals surface area contributed by atoms with Gasteiger partial charge in [-0.25, -0.2) is 4.79 Å². The van der Waals surface area contributed by atoms with Crippen molar-refractivity contribution in [3.8, 4) is 0 Å². The molecular weight excluding hydrogens is 500 g/mol. The summed E-state index contributed by atoms with van der Waals surface area (Å²) in [4.78, 5) is 50.8. The van der Waals surface area contributed by atoms with E-state index in [-0.39, 0.29) is 18.1 Å². The molecule has 1 aromatic rings. The molecule has 6 atom stereocenters. The Kier molecular flexibility index (Phi) is 7.79. The largest absolute Gasteiger partial charge is 0.465 e. The Morgan fingerprint density at radius 3 is 2.38 bits per heavy atom. The minimum absolute atomic E-state index is 0.0101. The predicted octanol–water partition coefficient (Wildman–Crippen LogP) is 5.38. The first-order valence-electron chi connectivity index (χ1n) is 13.4. The van der Waals surface area contributed by atoms with Crippen LogP contribution in [0.3, 0.4) is 0 Å². The lowest BCUT2D eigenvalue weighted by molar-refractivity contribution is -0.183. The maximum atomic E-state index is 13.2. The summed E-state index contributed by atoms with van der Waals surface area (Å²) in [7, 11) is 0. The molecule has 2 saturated carbocycles. The van der Waals surface area contributed by atoms with Gasteiger partial charge in [0.1, 0.15) is 24.1 Å². The lowest BCUT2D eigenvalue weighted by atomic mass is 9.50. The molecule has 0 radical (unpaired) electrons. The molecule has 0 aliphatic heterocycles. The van der Waals surface area contributed by atoms with Crippen LogP contribution in [0.2, 0.25) is 0 Å². The number of hydrogen-bond acceptors (Lipinski definition) is 8. The van der Waals surface area contributed by atoms with Crippen LogP contribution in [0.5, 0.6) is 0 Å². The highest BCUT2D eigenvalue weighted by Gasteiger charge is 2.60. The van der Waals surface area contributed by atoms with Crippen molar-refractivity contribution in [2.24, 2.45) is 22.7 Å². The number of furan rings is 1. The van der Waals surface area contributed by atoms with Crippen molar-refractivity contribution < 1.29 is 37.8 Å². The first kappa shape index (κ1) is 28.6. The van der Waals surface area contributed by atoms with Gasteiger partial charge >= 0.3 is 17.9 Å². The van der Waals surface area contributed by atoms with Crippen LogP contribution < -0.4 is 0 Å². The van der Waals surface area contributed by atoms with Crippen molar-refractivity contribution in [3.63, 3.8) is 0 Å². The molecular formula is C31H38O8. The van der Waals surface area contributed by atoms with Gasteiger partial charge in [-0.3, -0.25) is 14.4 Å². The van der Waals surface area contributed by atoms with Crippen LogP contribution in [-0.4, -0.2) is 42.0 Å². The summed E-state index contributed by atoms with van der Waals surface area (Å²) < 4.78 is 23.1. The summed E-state index contributed by atoms with van der Waals surface area (Å²) in [6.07, 6.45) is 3.95. The van der Waals surface area contributed by atoms with Gasteiger partial charge in [-0.05, 0) is 54.5 Å². The molecule has 1 heterocycles. The van der Waals surface area contributed by atoms with Gasteiger partial charge in [-0.1, -0.05) is 32.9 Å². The average molecular weight is 539 g/mol. The Hall–Kier alpha value is -3.42. The van der Waals surface area contributed by atoms with Gasteiger partial charge < -0.3 is 18.6 Å². The van der Waals surface area contributed by atoms with E-state index in [0.717, 1.165) is 5.57 Å². The Morgan fingerprint density at radius 2 is 1.77 bits per heavy atom. The van der Waals surface area contributed by atoms with Crippen LogP contribution in [-0.2, 0) is 33.4 Å². The maximum Gasteiger partial charge on any atom is 0.331 e. The summed E-state index contributed by atoms with van der Waals surface area (Å²) in [6, 6.07) is 3.44. The lowest BCUT2D eigenvalue weighted by Gasteiger charge is -2.57. The molecule has 0 N–H and O–H groups in total. The number of rotatable bonds is 5. The first-order valence-corrected chi connectivity index (χ1v) is 13.4. The fraction of sp³-hybridized carbons (Fsp3) is 0.548. The van der Waals surface area contributed by atoms with Crippen molar-refractivity contribution in [3.05, 3.63) is 53.5 Å². The topological polar surface area (TPSA) is 109 Å². The summed E-state index contributed by atoms with van der Waals surface area (Å²) in [5, 5.41) is 0. The lowest BCUT2D eigenvalue weighted by Crippen LogP contribution is -2.59. The Balaban J connectivity index is 1.77. The molecule has 0 aromatic carbocycles. The molecule has 3 aliphatic rings. The van der Waals surface area contributed by atoms with Crippen LogP contribution in [0, 0.1) is 22.7 Å². The third-order valence-electron chi connectivity index (χ3n) is 9.10. The molecule has 0 amide bonds. The Bertz CT molecular complexity index is 1230. The van der Waals surface area contributed by atoms with Gasteiger partial charge in [0.05, 0.1) is 6.26 Å². The van der Waals surface area contributed by atoms with Crippen molar-refractivity contribution in [2.45, 2.75) is 85.5 Å². The first-order chi connectivity index (χ1) is 18.3. The molecule has 2 fully saturated rings. The Morgan fingerprint density at radius 1 is 1.08 bits per heavy atom. The van der Waals surface area contributed by atoms with E-state index in [1.807, 2.05) is 13.8 Å². The third kappa shape index (κ3) is 5.38. The maximum absolute atomic E-state index is 13.2. The summed E-state index contributed by atoms with van der Waals surface area (Å²) in [6.45, 7) is 15.0. The van der Waals surface area contributed by atoms with E-state index >= 15 is 0 Å². The molecule has 210 valence electrons. The SMILES string of the molecule is C=C1C2[C@H](OC(C)=O)C3CC(=O)C(C)=C(C[C@@H](OC(C)=O)[C@]2(C)CC[C@@H]1OC(=O)/C=C/c1ccco1)C3(C)C. The number of hydrogen-bond donors (Lipinski definition) is 0. The number of ether oxygens (including phenoxy) is 3. The van der Waals surface area contributed by atoms with E-state index in [9.17, 15) is 19.2 Å². The number of allylic oxidation sites excluding steroid dienone is 1. The average Bonchev–Trinajstić information content (AvgIpc) is 3.36. The number of carbonyl (C=O) groups is 4. The van der Waals surface area contributed by atoms with Crippen LogP contribution in [0.25, 0.3) is 6.08 Å². The minimum Gasteiger partial charge on any atom is -0.465 e. The second kappa shape index (κ2) is 10.6. The van der Waals surface area contributed by atoms with Gasteiger partial charge in [0.25, 0.3) is 0 Å². The summed E-state index contributed by atoms with van der Waals surface area (Å²) in [5.74, 6) is -1.81. The fourth-order valence-electron chi connectivity index (χ4n) is 7.00. The highest BCUT2D eigenvalue weighted by Crippen LogP contribution is 2.60. The van der Waals surface area contributed by atoms with E-state index in [4.69, 9.17) is 18.6 Å². The zero-order chi connectivity index (χ0) is 28.7. The monoisotopic (exact) mass is 538 g/mol. The van der Waals surface area contributed by atoms with Crippen LogP contribution in [0.1, 0.15) is 73.0 Å². The molecule has 3 aliphatic carbocycles. The van der Waals surface area contributed by atoms with Gasteiger partial charge in [-0.15, -0.1) is 0 Å². The van der Waals surface area contributed by atoms with Crippen LogP contribution >= 0.6 is 0 Å². The molecule has 8 heteroatoms. The second-order valence-corrected chi connectivity index (χ2v) is 11.8. The highest BCUT2D eigenvalue weighted by atomic mass is 16.6. The van der Waals surface area contributed by atoms with E-state index in [1.54, 1.807) is 12.1 Å². The second-order valence-electron chi connectivity index (χ2n) is 11.8. The molecule has 0 saturated heterocycles. The summed E-state index contributed by atoms with van der Waals surface area (Å²) in [5.41, 5.74) is 0.991. The smallest absolute Gasteiger partial charge is 0.331 e. The quantitative estimate of drug-likeness (QED) is 0.213. The summed E-state index contributed by atoms with van der Waals surface area (Å²) >= 11 is 0. The minimum atomic E-state index is -0.736. The van der Waals surface area contributed by atoms with Crippen molar-refractivity contribution in [1.29, 1.82) is 0 Å². The van der Waals surface area contributed by atoms with Gasteiger partial charge in [0.15, 0.2) is 5.78 Å². The number of fused-ring (bicyclic) bond motifs is 3. The highest BCUT2D eigenvalue weighted by molar-refractivity contribution is 5.97. The molecule has 0 spiro atoms. The van der Waals surface area contributed by atoms with Gasteiger partial charge in [0, 0.05) is 50.0 Å². The number of ketones is 1. The number of carbonyl (C=O) groups excluding carboxylic acids is 4. The van der Waals surface area contributed by atoms with E-state index in [0.29, 0.717) is 36.2 Å². The van der Waals surface area contributed by atoms with E-state index in [2.05, 4.69) is 20.4 Å². The number of esters is 3. The zero-order valence-corrected chi connectivity index (χ0v) is 23.6. The zero-order valence-electron chi connectivity index (χ0n) is 23.6. The van der Waals surface area contributed by atoms with E-state index in [1.165, 1.54) is 32.3 Å². The fourth-order valence-corrected chi connectivity index (χ4v) is 7.00. The predicted molar refractivity (Wildman–Crippen MR) is 143 cm³/mol. The normalized spacial score (nSPS) is 32.2. The van der Waals surface area contributed by atoms with E-state index < -0.39 is 53.0 Å². The van der Waals surface area contributed by atoms with Gasteiger partial charge in [-0.2, -0.15) is 0 Å². The molecule has 1 aromatic heterocycles. The molecule has 4 rings (SSSR count). The van der Waals surface area contributed by atoms with Gasteiger partial charge in [0.2, 0.25) is 0 Å². The third-order valence-corrected chi connectivity index (χ3v) is 9.10. The molecule has 2 unspecified atom stereocenters. The number of Topliss-reactive ketones (excluding diaryl/α,β-unsaturated/α-hetero) is 1. The van der Waals surface area contributed by atoms with Crippen LogP contribution in [0.4, 0.5) is 0 Å². The van der Waals surface area contributed by atoms with Crippen molar-refractivity contribution in [2.75, 3.05) is 0 Å². The standard InChI is InChI=1S/C31H38O8/c1-17-22-16-26(37-19(3)32)31(7)13-12-25(39-27(35)11-10-21-9-8-14-36-21)18(2)28(31)29(38-20(4)33)23(15-24(17)34)30(22,5)6/h8-11,14,23,25-26,28-29H,2,12-13,15-16H2,1,3-7H3/b11-10+/t23?,25-,26+,28?,29+,31-/m0/s1. The molecule has 39 heavy (non-hydrogen) atoms. The Labute approximate surface area is 229 Å². The van der Waals surface area contributed by atoms with Crippen molar-refractivity contribution >= 4 is 29.8 Å². The molecule has 2 bridgehead atoms. The van der Waals surface area contributed by atoms with Crippen molar-refractivity contribution in [1.82, 2.24) is 0 Å². The molecule has 8 nitrogen and oxygen atoms in total. The van der Waals surface area contributed by atoms with Crippen LogP contribution in [0.15, 0.2) is 52.2 Å².